The molecule has 1 aliphatic rings. The summed E-state index contributed by atoms with van der Waals surface area (Å²) < 4.78 is 5.41. The number of ether oxygens (including phenoxy) is 1. The van der Waals surface area contributed by atoms with Gasteiger partial charge < -0.3 is 9.64 Å². The average molecular weight is 247 g/mol. The molecule has 0 saturated carbocycles. The van der Waals surface area contributed by atoms with E-state index in [1.807, 2.05) is 7.11 Å². The maximum Gasteiger partial charge on any atom is 0.0605 e. The van der Waals surface area contributed by atoms with Crippen LogP contribution in [0.3, 0.4) is 0 Å². The quantitative estimate of drug-likeness (QED) is 0.791. The molecule has 0 aliphatic carbocycles. The van der Waals surface area contributed by atoms with E-state index in [0.717, 1.165) is 25.9 Å². The molecule has 100 valence electrons. The van der Waals surface area contributed by atoms with Gasteiger partial charge in [-0.2, -0.15) is 0 Å². The number of hydrogen-bond donors (Lipinski definition) is 0. The predicted molar refractivity (Wildman–Crippen MR) is 77.4 cm³/mol. The standard InChI is InChI=1S/C16H25NO/c1-16(2,3)13-5-7-14(8-6-13)17-11-9-15(18-4)10-12-17/h5-8,15H,9-12H2,1-4H3. The van der Waals surface area contributed by atoms with Gasteiger partial charge in [-0.05, 0) is 36.0 Å². The Labute approximate surface area is 111 Å². The van der Waals surface area contributed by atoms with Crippen LogP contribution in [-0.2, 0) is 10.2 Å². The van der Waals surface area contributed by atoms with E-state index < -0.39 is 0 Å². The van der Waals surface area contributed by atoms with Gasteiger partial charge in [-0.25, -0.2) is 0 Å². The lowest BCUT2D eigenvalue weighted by Crippen LogP contribution is -2.36. The second-order valence-electron chi connectivity index (χ2n) is 6.22. The number of methoxy groups -OCH3 is 1. The second-order valence-corrected chi connectivity index (χ2v) is 6.22. The molecule has 0 bridgehead atoms. The van der Waals surface area contributed by atoms with Crippen molar-refractivity contribution in [2.45, 2.75) is 45.1 Å². The summed E-state index contributed by atoms with van der Waals surface area (Å²) >= 11 is 0. The Hall–Kier alpha value is -1.02. The van der Waals surface area contributed by atoms with Crippen molar-refractivity contribution in [2.24, 2.45) is 0 Å². The third-order valence-electron chi connectivity index (χ3n) is 3.87. The fourth-order valence-electron chi connectivity index (χ4n) is 2.52. The monoisotopic (exact) mass is 247 g/mol. The number of nitrogens with zero attached hydrogens (tertiary/aromatic N) is 1. The lowest BCUT2D eigenvalue weighted by Gasteiger charge is -2.33. The number of rotatable bonds is 2. The van der Waals surface area contributed by atoms with Gasteiger partial charge in [-0.3, -0.25) is 0 Å². The first kappa shape index (κ1) is 13.4. The molecule has 0 radical (unpaired) electrons. The minimum Gasteiger partial charge on any atom is -0.381 e. The van der Waals surface area contributed by atoms with Crippen LogP contribution in [-0.4, -0.2) is 26.3 Å². The lowest BCUT2D eigenvalue weighted by atomic mass is 9.87. The van der Waals surface area contributed by atoms with Gasteiger partial charge in [0.2, 0.25) is 0 Å². The Morgan fingerprint density at radius 3 is 2.06 bits per heavy atom. The third-order valence-corrected chi connectivity index (χ3v) is 3.87. The fraction of sp³-hybridized carbons (Fsp3) is 0.625. The highest BCUT2D eigenvalue weighted by Gasteiger charge is 2.19. The summed E-state index contributed by atoms with van der Waals surface area (Å²) in [4.78, 5) is 2.46. The molecule has 1 heterocycles. The number of anilines is 1. The zero-order valence-corrected chi connectivity index (χ0v) is 12.1. The van der Waals surface area contributed by atoms with Crippen molar-refractivity contribution in [3.8, 4) is 0 Å². The van der Waals surface area contributed by atoms with E-state index in [-0.39, 0.29) is 5.41 Å². The van der Waals surface area contributed by atoms with E-state index in [1.54, 1.807) is 0 Å². The molecule has 2 heteroatoms. The van der Waals surface area contributed by atoms with Crippen molar-refractivity contribution in [1.29, 1.82) is 0 Å². The number of hydrogen-bond acceptors (Lipinski definition) is 2. The van der Waals surface area contributed by atoms with Crippen LogP contribution in [0.25, 0.3) is 0 Å². The zero-order valence-electron chi connectivity index (χ0n) is 12.1. The molecule has 0 N–H and O–H groups in total. The molecule has 0 spiro atoms. The molecule has 1 aromatic carbocycles. The van der Waals surface area contributed by atoms with Crippen molar-refractivity contribution >= 4 is 5.69 Å². The first-order valence-electron chi connectivity index (χ1n) is 6.89. The van der Waals surface area contributed by atoms with E-state index in [2.05, 4.69) is 49.9 Å². The van der Waals surface area contributed by atoms with Crippen LogP contribution in [0.5, 0.6) is 0 Å². The minimum atomic E-state index is 0.238. The molecule has 1 saturated heterocycles. The first-order chi connectivity index (χ1) is 8.50. The first-order valence-corrected chi connectivity index (χ1v) is 6.89. The fourth-order valence-corrected chi connectivity index (χ4v) is 2.52. The van der Waals surface area contributed by atoms with E-state index in [9.17, 15) is 0 Å². The smallest absolute Gasteiger partial charge is 0.0605 e. The van der Waals surface area contributed by atoms with Gasteiger partial charge in [0.15, 0.2) is 0 Å². The molecular weight excluding hydrogens is 222 g/mol. The number of piperidine rings is 1. The highest BCUT2D eigenvalue weighted by Crippen LogP contribution is 2.26. The summed E-state index contributed by atoms with van der Waals surface area (Å²) in [5.74, 6) is 0. The van der Waals surface area contributed by atoms with E-state index in [0.29, 0.717) is 6.10 Å². The van der Waals surface area contributed by atoms with Crippen molar-refractivity contribution in [2.75, 3.05) is 25.1 Å². The van der Waals surface area contributed by atoms with Crippen LogP contribution in [0.4, 0.5) is 5.69 Å². The molecule has 1 fully saturated rings. The van der Waals surface area contributed by atoms with Crippen LogP contribution in [0.15, 0.2) is 24.3 Å². The van der Waals surface area contributed by atoms with Gasteiger partial charge in [-0.1, -0.05) is 32.9 Å². The molecule has 0 aromatic heterocycles. The van der Waals surface area contributed by atoms with E-state index in [4.69, 9.17) is 4.74 Å². The molecule has 1 aliphatic heterocycles. The SMILES string of the molecule is COC1CCN(c2ccc(C(C)(C)C)cc2)CC1. The molecule has 18 heavy (non-hydrogen) atoms. The Morgan fingerprint density at radius 2 is 1.61 bits per heavy atom. The largest absolute Gasteiger partial charge is 0.381 e. The van der Waals surface area contributed by atoms with Crippen molar-refractivity contribution in [1.82, 2.24) is 0 Å². The van der Waals surface area contributed by atoms with Gasteiger partial charge >= 0.3 is 0 Å². The predicted octanol–water partition coefficient (Wildman–Crippen LogP) is 3.60. The summed E-state index contributed by atoms with van der Waals surface area (Å²) in [6, 6.07) is 9.04. The topological polar surface area (TPSA) is 12.5 Å². The number of benzene rings is 1. The van der Waals surface area contributed by atoms with Gasteiger partial charge in [0.05, 0.1) is 6.10 Å². The molecule has 0 unspecified atom stereocenters. The van der Waals surface area contributed by atoms with E-state index in [1.165, 1.54) is 11.3 Å². The zero-order chi connectivity index (χ0) is 13.2. The van der Waals surface area contributed by atoms with E-state index >= 15 is 0 Å². The molecule has 0 atom stereocenters. The molecule has 2 rings (SSSR count). The minimum absolute atomic E-state index is 0.238. The third kappa shape index (κ3) is 3.05. The Kier molecular flexibility index (Phi) is 3.96. The van der Waals surface area contributed by atoms with Crippen LogP contribution in [0, 0.1) is 0 Å². The summed E-state index contributed by atoms with van der Waals surface area (Å²) in [5.41, 5.74) is 2.98. The van der Waals surface area contributed by atoms with Crippen LogP contribution in [0.1, 0.15) is 39.2 Å². The highest BCUT2D eigenvalue weighted by atomic mass is 16.5. The lowest BCUT2D eigenvalue weighted by molar-refractivity contribution is 0.0819. The Balaban J connectivity index is 2.02. The molecule has 2 nitrogen and oxygen atoms in total. The summed E-state index contributed by atoms with van der Waals surface area (Å²) in [6.07, 6.45) is 2.73. The van der Waals surface area contributed by atoms with Crippen molar-refractivity contribution in [3.63, 3.8) is 0 Å². The maximum atomic E-state index is 5.41. The normalized spacial score (nSPS) is 18.1. The maximum absolute atomic E-state index is 5.41. The van der Waals surface area contributed by atoms with Crippen LogP contribution in [0.2, 0.25) is 0 Å². The van der Waals surface area contributed by atoms with Crippen molar-refractivity contribution < 1.29 is 4.74 Å². The second kappa shape index (κ2) is 5.31. The van der Waals surface area contributed by atoms with Crippen molar-refractivity contribution in [3.05, 3.63) is 29.8 Å². The Bertz CT molecular complexity index is 369. The Morgan fingerprint density at radius 1 is 1.06 bits per heavy atom. The average Bonchev–Trinajstić information content (AvgIpc) is 2.38. The summed E-state index contributed by atoms with van der Waals surface area (Å²) in [7, 11) is 1.82. The van der Waals surface area contributed by atoms with Gasteiger partial charge in [0.1, 0.15) is 0 Å². The summed E-state index contributed by atoms with van der Waals surface area (Å²) in [5, 5.41) is 0. The summed E-state index contributed by atoms with van der Waals surface area (Å²) in [6.45, 7) is 8.98. The van der Waals surface area contributed by atoms with Crippen LogP contribution < -0.4 is 4.90 Å². The van der Waals surface area contributed by atoms with Gasteiger partial charge in [0, 0.05) is 25.9 Å². The highest BCUT2D eigenvalue weighted by molar-refractivity contribution is 5.48. The molecule has 0 amide bonds. The van der Waals surface area contributed by atoms with Gasteiger partial charge in [0.25, 0.3) is 0 Å². The van der Waals surface area contributed by atoms with Crippen LogP contribution >= 0.6 is 0 Å². The molecular formula is C16H25NO. The molecule has 1 aromatic rings. The van der Waals surface area contributed by atoms with Gasteiger partial charge in [-0.15, -0.1) is 0 Å².